The van der Waals surface area contributed by atoms with Crippen LogP contribution in [-0.4, -0.2) is 54.4 Å². The minimum atomic E-state index is -3.65. The molecule has 1 N–H and O–H groups in total. The van der Waals surface area contributed by atoms with Crippen LogP contribution in [0.4, 0.5) is 11.7 Å². The van der Waals surface area contributed by atoms with E-state index < -0.39 is 15.9 Å². The molecular weight excluding hydrogens is 458 g/mol. The van der Waals surface area contributed by atoms with E-state index in [1.54, 1.807) is 18.7 Å². The van der Waals surface area contributed by atoms with E-state index in [1.807, 2.05) is 30.3 Å². The number of rotatable bonds is 7. The van der Waals surface area contributed by atoms with Gasteiger partial charge in [-0.15, -0.1) is 5.10 Å². The van der Waals surface area contributed by atoms with Crippen LogP contribution in [0, 0.1) is 0 Å². The lowest BCUT2D eigenvalue weighted by atomic mass is 10.1. The van der Waals surface area contributed by atoms with Gasteiger partial charge in [-0.2, -0.15) is 4.31 Å². The molecule has 1 atom stereocenters. The van der Waals surface area contributed by atoms with Gasteiger partial charge in [0.25, 0.3) is 5.91 Å². The molecule has 3 aromatic rings. The summed E-state index contributed by atoms with van der Waals surface area (Å²) < 4.78 is 32.0. The van der Waals surface area contributed by atoms with Gasteiger partial charge in [0.1, 0.15) is 0 Å². The summed E-state index contributed by atoms with van der Waals surface area (Å²) in [6, 6.07) is 14.6. The number of hydrogen-bond donors (Lipinski definition) is 1. The van der Waals surface area contributed by atoms with Crippen molar-refractivity contribution in [2.24, 2.45) is 0 Å². The third-order valence-electron chi connectivity index (χ3n) is 5.72. The van der Waals surface area contributed by atoms with Crippen LogP contribution in [0.5, 0.6) is 0 Å². The van der Waals surface area contributed by atoms with E-state index in [4.69, 9.17) is 4.42 Å². The summed E-state index contributed by atoms with van der Waals surface area (Å²) >= 11 is 0. The van der Waals surface area contributed by atoms with Gasteiger partial charge in [0.2, 0.25) is 21.8 Å². The summed E-state index contributed by atoms with van der Waals surface area (Å²) in [5.74, 6) is -0.587. The zero-order valence-corrected chi connectivity index (χ0v) is 19.8. The Morgan fingerprint density at radius 2 is 1.79 bits per heavy atom. The van der Waals surface area contributed by atoms with Crippen LogP contribution in [0.15, 0.2) is 63.9 Å². The van der Waals surface area contributed by atoms with Crippen molar-refractivity contribution in [3.63, 3.8) is 0 Å². The molecule has 10 nitrogen and oxygen atoms in total. The van der Waals surface area contributed by atoms with E-state index in [1.165, 1.54) is 35.6 Å². The number of nitrogens with zero attached hydrogens (tertiary/aromatic N) is 4. The Morgan fingerprint density at radius 1 is 1.12 bits per heavy atom. The molecule has 0 saturated carbocycles. The average molecular weight is 484 g/mol. The second-order valence-electron chi connectivity index (χ2n) is 8.28. The first-order valence-electron chi connectivity index (χ1n) is 10.7. The van der Waals surface area contributed by atoms with Gasteiger partial charge in [0.15, 0.2) is 0 Å². The Kier molecular flexibility index (Phi) is 6.49. The molecular formula is C23H25N5O5S. The molecule has 178 valence electrons. The highest BCUT2D eigenvalue weighted by molar-refractivity contribution is 7.89. The lowest BCUT2D eigenvalue weighted by Crippen LogP contribution is -2.33. The molecule has 1 aliphatic rings. The van der Waals surface area contributed by atoms with E-state index in [2.05, 4.69) is 15.5 Å². The standard InChI is InChI=1S/C23H25N5O5S/c1-15(2)27(3)34(31,32)19-11-9-16(10-12-19)21(30)24-23-26-25-22(33-23)17-13-20(29)28(14-17)18-7-5-4-6-8-18/h4-12,15,17H,13-14H2,1-3H3,(H,24,26,30). The van der Waals surface area contributed by atoms with Crippen molar-refractivity contribution in [3.8, 4) is 0 Å². The highest BCUT2D eigenvalue weighted by atomic mass is 32.2. The van der Waals surface area contributed by atoms with Gasteiger partial charge in [-0.25, -0.2) is 8.42 Å². The minimum absolute atomic E-state index is 0.0434. The molecule has 34 heavy (non-hydrogen) atoms. The van der Waals surface area contributed by atoms with Crippen molar-refractivity contribution >= 4 is 33.5 Å². The van der Waals surface area contributed by atoms with Crippen molar-refractivity contribution < 1.29 is 22.4 Å². The second kappa shape index (κ2) is 9.35. The van der Waals surface area contributed by atoms with Crippen LogP contribution < -0.4 is 10.2 Å². The number of carbonyl (C=O) groups excluding carboxylic acids is 2. The first kappa shape index (κ1) is 23.6. The normalized spacial score (nSPS) is 16.4. The fraction of sp³-hybridized carbons (Fsp3) is 0.304. The fourth-order valence-electron chi connectivity index (χ4n) is 3.57. The van der Waals surface area contributed by atoms with Crippen molar-refractivity contribution in [2.45, 2.75) is 37.1 Å². The molecule has 0 bridgehead atoms. The number of amides is 2. The van der Waals surface area contributed by atoms with Gasteiger partial charge in [0, 0.05) is 37.3 Å². The molecule has 4 rings (SSSR count). The van der Waals surface area contributed by atoms with Crippen molar-refractivity contribution in [1.82, 2.24) is 14.5 Å². The number of hydrogen-bond acceptors (Lipinski definition) is 7. The summed E-state index contributed by atoms with van der Waals surface area (Å²) in [5, 5.41) is 10.4. The van der Waals surface area contributed by atoms with Crippen LogP contribution in [0.25, 0.3) is 0 Å². The molecule has 11 heteroatoms. The topological polar surface area (TPSA) is 126 Å². The Bertz CT molecular complexity index is 1290. The highest BCUT2D eigenvalue weighted by Gasteiger charge is 2.35. The fourth-order valence-corrected chi connectivity index (χ4v) is 4.94. The van der Waals surface area contributed by atoms with E-state index in [-0.39, 0.29) is 46.7 Å². The lowest BCUT2D eigenvalue weighted by Gasteiger charge is -2.20. The molecule has 0 aliphatic carbocycles. The number of carbonyl (C=O) groups is 2. The molecule has 0 spiro atoms. The van der Waals surface area contributed by atoms with Gasteiger partial charge in [-0.05, 0) is 50.2 Å². The van der Waals surface area contributed by atoms with Crippen molar-refractivity contribution in [3.05, 3.63) is 66.1 Å². The number of anilines is 2. The summed E-state index contributed by atoms with van der Waals surface area (Å²) in [5.41, 5.74) is 1.03. The summed E-state index contributed by atoms with van der Waals surface area (Å²) in [4.78, 5) is 26.8. The maximum Gasteiger partial charge on any atom is 0.322 e. The number of para-hydroxylation sites is 1. The first-order chi connectivity index (χ1) is 16.2. The van der Waals surface area contributed by atoms with Crippen molar-refractivity contribution in [1.29, 1.82) is 0 Å². The third-order valence-corrected chi connectivity index (χ3v) is 7.77. The summed E-state index contributed by atoms with van der Waals surface area (Å²) in [7, 11) is -2.14. The average Bonchev–Trinajstić information content (AvgIpc) is 3.45. The largest absolute Gasteiger partial charge is 0.407 e. The first-order valence-corrected chi connectivity index (χ1v) is 12.2. The Labute approximate surface area is 197 Å². The summed E-state index contributed by atoms with van der Waals surface area (Å²) in [6.07, 6.45) is 0.227. The molecule has 1 fully saturated rings. The number of sulfonamides is 1. The van der Waals surface area contributed by atoms with Gasteiger partial charge < -0.3 is 9.32 Å². The number of aromatic nitrogens is 2. The monoisotopic (exact) mass is 483 g/mol. The quantitative estimate of drug-likeness (QED) is 0.548. The molecule has 2 amide bonds. The van der Waals surface area contributed by atoms with E-state index in [0.29, 0.717) is 6.54 Å². The zero-order chi connectivity index (χ0) is 24.5. The van der Waals surface area contributed by atoms with Crippen molar-refractivity contribution in [2.75, 3.05) is 23.8 Å². The molecule has 2 heterocycles. The maximum atomic E-state index is 12.6. The lowest BCUT2D eigenvalue weighted by molar-refractivity contribution is -0.117. The van der Waals surface area contributed by atoms with Crippen LogP contribution in [-0.2, 0) is 14.8 Å². The van der Waals surface area contributed by atoms with Gasteiger partial charge in [-0.1, -0.05) is 23.3 Å². The van der Waals surface area contributed by atoms with Gasteiger partial charge >= 0.3 is 6.01 Å². The number of benzene rings is 2. The Morgan fingerprint density at radius 3 is 2.44 bits per heavy atom. The molecule has 2 aromatic carbocycles. The molecule has 1 unspecified atom stereocenters. The third kappa shape index (κ3) is 4.70. The smallest absolute Gasteiger partial charge is 0.322 e. The SMILES string of the molecule is CC(C)N(C)S(=O)(=O)c1ccc(C(=O)Nc2nnc(C3CC(=O)N(c4ccccc4)C3)o2)cc1. The van der Waals surface area contributed by atoms with Crippen LogP contribution in [0.1, 0.15) is 42.4 Å². The van der Waals surface area contributed by atoms with E-state index in [0.717, 1.165) is 5.69 Å². The predicted molar refractivity (Wildman–Crippen MR) is 125 cm³/mol. The van der Waals surface area contributed by atoms with Crippen LogP contribution in [0.2, 0.25) is 0 Å². The molecule has 0 radical (unpaired) electrons. The molecule has 1 saturated heterocycles. The van der Waals surface area contributed by atoms with E-state index >= 15 is 0 Å². The van der Waals surface area contributed by atoms with Gasteiger partial charge in [-0.3, -0.25) is 14.9 Å². The zero-order valence-electron chi connectivity index (χ0n) is 19.0. The number of nitrogens with one attached hydrogen (secondary N) is 1. The highest BCUT2D eigenvalue weighted by Crippen LogP contribution is 2.31. The molecule has 1 aliphatic heterocycles. The van der Waals surface area contributed by atoms with Crippen LogP contribution >= 0.6 is 0 Å². The summed E-state index contributed by atoms with van der Waals surface area (Å²) in [6.45, 7) is 3.95. The second-order valence-corrected chi connectivity index (χ2v) is 10.3. The minimum Gasteiger partial charge on any atom is -0.407 e. The molecule has 1 aromatic heterocycles. The van der Waals surface area contributed by atoms with E-state index in [9.17, 15) is 18.0 Å². The predicted octanol–water partition coefficient (Wildman–Crippen LogP) is 2.87. The van der Waals surface area contributed by atoms with Gasteiger partial charge in [0.05, 0.1) is 10.8 Å². The Hall–Kier alpha value is -3.57. The maximum absolute atomic E-state index is 12.6. The Balaban J connectivity index is 1.42. The van der Waals surface area contributed by atoms with Crippen LogP contribution in [0.3, 0.4) is 0 Å².